The van der Waals surface area contributed by atoms with Gasteiger partial charge in [-0.25, -0.2) is 0 Å². The van der Waals surface area contributed by atoms with Gasteiger partial charge in [-0.15, -0.1) is 0 Å². The van der Waals surface area contributed by atoms with Crippen molar-refractivity contribution in [3.63, 3.8) is 0 Å². The number of carbonyl (C=O) groups excluding carboxylic acids is 1. The summed E-state index contributed by atoms with van der Waals surface area (Å²) in [6, 6.07) is 10.5. The minimum absolute atomic E-state index is 0.00856. The van der Waals surface area contributed by atoms with E-state index in [0.717, 1.165) is 32.5 Å². The second-order valence-corrected chi connectivity index (χ2v) is 6.04. The molecule has 1 aromatic rings. The van der Waals surface area contributed by atoms with Crippen molar-refractivity contribution in [2.45, 2.75) is 24.7 Å². The zero-order chi connectivity index (χ0) is 14.5. The van der Waals surface area contributed by atoms with Crippen molar-refractivity contribution in [2.24, 2.45) is 5.92 Å². The predicted molar refractivity (Wildman–Crippen MR) is 80.1 cm³/mol. The van der Waals surface area contributed by atoms with Crippen LogP contribution in [-0.2, 0) is 19.7 Å². The molecule has 2 aliphatic rings. The van der Waals surface area contributed by atoms with Crippen molar-refractivity contribution in [3.8, 4) is 0 Å². The number of rotatable bonds is 4. The van der Waals surface area contributed by atoms with Crippen LogP contribution >= 0.6 is 0 Å². The maximum atomic E-state index is 12.2. The molecule has 0 spiro atoms. The van der Waals surface area contributed by atoms with Crippen molar-refractivity contribution in [1.82, 2.24) is 5.32 Å². The van der Waals surface area contributed by atoms with Crippen LogP contribution in [0.25, 0.3) is 0 Å². The molecule has 0 aliphatic carbocycles. The molecule has 2 aliphatic heterocycles. The minimum atomic E-state index is 0.00856. The molecule has 0 unspecified atom stereocenters. The van der Waals surface area contributed by atoms with E-state index >= 15 is 0 Å². The van der Waals surface area contributed by atoms with Crippen molar-refractivity contribution < 1.29 is 14.3 Å². The average molecular weight is 289 g/mol. The van der Waals surface area contributed by atoms with Gasteiger partial charge in [-0.1, -0.05) is 30.3 Å². The lowest BCUT2D eigenvalue weighted by molar-refractivity contribution is -0.125. The molecular weight excluding hydrogens is 266 g/mol. The summed E-state index contributed by atoms with van der Waals surface area (Å²) < 4.78 is 10.8. The summed E-state index contributed by atoms with van der Waals surface area (Å²) in [5.41, 5.74) is 1.31. The molecule has 0 saturated carbocycles. The summed E-state index contributed by atoms with van der Waals surface area (Å²) in [5.74, 6) is 0.159. The molecule has 2 saturated heterocycles. The van der Waals surface area contributed by atoms with Crippen LogP contribution in [0.4, 0.5) is 0 Å². The maximum absolute atomic E-state index is 12.2. The van der Waals surface area contributed by atoms with Gasteiger partial charge in [0.2, 0.25) is 5.91 Å². The molecule has 0 aromatic heterocycles. The summed E-state index contributed by atoms with van der Waals surface area (Å²) in [6.45, 7) is 3.48. The van der Waals surface area contributed by atoms with Gasteiger partial charge in [-0.05, 0) is 24.8 Å². The quantitative estimate of drug-likeness (QED) is 0.921. The van der Waals surface area contributed by atoms with Crippen molar-refractivity contribution >= 4 is 5.91 Å². The van der Waals surface area contributed by atoms with Crippen LogP contribution in [0.15, 0.2) is 30.3 Å². The Morgan fingerprint density at radius 3 is 2.57 bits per heavy atom. The first kappa shape index (κ1) is 14.5. The van der Waals surface area contributed by atoms with Crippen LogP contribution in [0, 0.1) is 5.92 Å². The number of ether oxygens (including phenoxy) is 2. The molecule has 0 radical (unpaired) electrons. The fraction of sp³-hybridized carbons (Fsp3) is 0.588. The summed E-state index contributed by atoms with van der Waals surface area (Å²) in [6.07, 6.45) is 2.75. The Hall–Kier alpha value is -1.39. The Kier molecular flexibility index (Phi) is 4.56. The van der Waals surface area contributed by atoms with E-state index in [4.69, 9.17) is 9.47 Å². The van der Waals surface area contributed by atoms with Crippen LogP contribution in [0.3, 0.4) is 0 Å². The highest BCUT2D eigenvalue weighted by atomic mass is 16.5. The highest BCUT2D eigenvalue weighted by Crippen LogP contribution is 2.34. The van der Waals surface area contributed by atoms with Gasteiger partial charge >= 0.3 is 0 Å². The summed E-state index contributed by atoms with van der Waals surface area (Å²) >= 11 is 0. The SMILES string of the molecule is O=C(NCC1(c2ccccc2)CCOCC1)[C@@H]1CCOC1. The van der Waals surface area contributed by atoms with Crippen molar-refractivity contribution in [1.29, 1.82) is 0 Å². The molecule has 1 N–H and O–H groups in total. The molecular formula is C17H23NO3. The lowest BCUT2D eigenvalue weighted by Crippen LogP contribution is -2.46. The van der Waals surface area contributed by atoms with E-state index in [-0.39, 0.29) is 17.2 Å². The molecule has 1 aromatic carbocycles. The largest absolute Gasteiger partial charge is 0.381 e. The first-order valence-electron chi connectivity index (χ1n) is 7.79. The Morgan fingerprint density at radius 2 is 1.90 bits per heavy atom. The Morgan fingerprint density at radius 1 is 1.14 bits per heavy atom. The fourth-order valence-corrected chi connectivity index (χ4v) is 3.26. The highest BCUT2D eigenvalue weighted by molar-refractivity contribution is 5.79. The molecule has 1 atom stereocenters. The lowest BCUT2D eigenvalue weighted by Gasteiger charge is -2.38. The monoisotopic (exact) mass is 289 g/mol. The first-order valence-corrected chi connectivity index (χ1v) is 7.79. The Balaban J connectivity index is 1.69. The van der Waals surface area contributed by atoms with Gasteiger partial charge in [-0.3, -0.25) is 4.79 Å². The van der Waals surface area contributed by atoms with Crippen LogP contribution < -0.4 is 5.32 Å². The van der Waals surface area contributed by atoms with Crippen molar-refractivity contribution in [3.05, 3.63) is 35.9 Å². The van der Waals surface area contributed by atoms with E-state index in [1.165, 1.54) is 5.56 Å². The molecule has 0 bridgehead atoms. The molecule has 3 rings (SSSR count). The van der Waals surface area contributed by atoms with Gasteiger partial charge < -0.3 is 14.8 Å². The average Bonchev–Trinajstić information content (AvgIpc) is 3.09. The third kappa shape index (κ3) is 3.27. The molecule has 4 heteroatoms. The Labute approximate surface area is 125 Å². The molecule has 21 heavy (non-hydrogen) atoms. The van der Waals surface area contributed by atoms with Gasteiger partial charge in [0.1, 0.15) is 0 Å². The molecule has 114 valence electrons. The van der Waals surface area contributed by atoms with E-state index in [9.17, 15) is 4.79 Å². The molecule has 2 fully saturated rings. The maximum Gasteiger partial charge on any atom is 0.225 e. The Bertz CT molecular complexity index is 462. The van der Waals surface area contributed by atoms with Crippen LogP contribution in [0.2, 0.25) is 0 Å². The number of amides is 1. The predicted octanol–water partition coefficient (Wildman–Crippen LogP) is 1.89. The standard InChI is InChI=1S/C17H23NO3/c19-16(14-6-9-21-12-14)18-13-17(7-10-20-11-8-17)15-4-2-1-3-5-15/h1-5,14H,6-13H2,(H,18,19)/t14-/m1/s1. The number of benzene rings is 1. The fourth-order valence-electron chi connectivity index (χ4n) is 3.26. The zero-order valence-electron chi connectivity index (χ0n) is 12.3. The third-order valence-electron chi connectivity index (χ3n) is 4.74. The van der Waals surface area contributed by atoms with E-state index in [1.807, 2.05) is 6.07 Å². The molecule has 4 nitrogen and oxygen atoms in total. The topological polar surface area (TPSA) is 47.6 Å². The van der Waals surface area contributed by atoms with Gasteiger partial charge in [0, 0.05) is 31.8 Å². The number of nitrogens with one attached hydrogen (secondary N) is 1. The number of hydrogen-bond donors (Lipinski definition) is 1. The number of hydrogen-bond acceptors (Lipinski definition) is 3. The summed E-state index contributed by atoms with van der Waals surface area (Å²) in [5, 5.41) is 3.16. The van der Waals surface area contributed by atoms with E-state index in [2.05, 4.69) is 29.6 Å². The highest BCUT2D eigenvalue weighted by Gasteiger charge is 2.35. The second-order valence-electron chi connectivity index (χ2n) is 6.04. The number of carbonyl (C=O) groups is 1. The molecule has 1 amide bonds. The lowest BCUT2D eigenvalue weighted by atomic mass is 9.74. The zero-order valence-corrected chi connectivity index (χ0v) is 12.3. The van der Waals surface area contributed by atoms with Gasteiger partial charge in [0.05, 0.1) is 12.5 Å². The smallest absolute Gasteiger partial charge is 0.225 e. The second kappa shape index (κ2) is 6.58. The van der Waals surface area contributed by atoms with Gasteiger partial charge in [-0.2, -0.15) is 0 Å². The summed E-state index contributed by atoms with van der Waals surface area (Å²) in [7, 11) is 0. The van der Waals surface area contributed by atoms with Gasteiger partial charge in [0.25, 0.3) is 0 Å². The van der Waals surface area contributed by atoms with Crippen molar-refractivity contribution in [2.75, 3.05) is 33.0 Å². The van der Waals surface area contributed by atoms with E-state index < -0.39 is 0 Å². The van der Waals surface area contributed by atoms with E-state index in [0.29, 0.717) is 19.8 Å². The van der Waals surface area contributed by atoms with Crippen LogP contribution in [0.1, 0.15) is 24.8 Å². The van der Waals surface area contributed by atoms with Crippen LogP contribution in [-0.4, -0.2) is 38.9 Å². The molecule has 2 heterocycles. The van der Waals surface area contributed by atoms with E-state index in [1.54, 1.807) is 0 Å². The van der Waals surface area contributed by atoms with Gasteiger partial charge in [0.15, 0.2) is 0 Å². The first-order chi connectivity index (χ1) is 10.3. The minimum Gasteiger partial charge on any atom is -0.381 e. The summed E-state index contributed by atoms with van der Waals surface area (Å²) in [4.78, 5) is 12.2. The van der Waals surface area contributed by atoms with Crippen LogP contribution in [0.5, 0.6) is 0 Å². The third-order valence-corrected chi connectivity index (χ3v) is 4.74. The normalized spacial score (nSPS) is 24.7.